The fraction of sp³-hybridized carbons (Fsp3) is 0.300. The predicted octanol–water partition coefficient (Wildman–Crippen LogP) is 0.146. The Bertz CT molecular complexity index is 541. The minimum atomic E-state index is -0.170. The third-order valence-electron chi connectivity index (χ3n) is 2.24. The number of nitrogens with two attached hydrogens (primary N) is 1. The van der Waals surface area contributed by atoms with Crippen molar-refractivity contribution in [3.63, 3.8) is 0 Å². The van der Waals surface area contributed by atoms with Crippen LogP contribution in [-0.2, 0) is 18.4 Å². The second-order valence-electron chi connectivity index (χ2n) is 3.78. The molecule has 0 fully saturated rings. The number of rotatable bonds is 3. The zero-order valence-electron chi connectivity index (χ0n) is 9.71. The van der Waals surface area contributed by atoms with E-state index in [9.17, 15) is 4.79 Å². The minimum Gasteiger partial charge on any atom is -0.382 e. The highest BCUT2D eigenvalue weighted by atomic mass is 16.2. The van der Waals surface area contributed by atoms with E-state index in [0.717, 1.165) is 5.69 Å². The van der Waals surface area contributed by atoms with Gasteiger partial charge in [-0.05, 0) is 13.0 Å². The molecule has 2 aromatic heterocycles. The van der Waals surface area contributed by atoms with Gasteiger partial charge in [0.25, 0.3) is 0 Å². The van der Waals surface area contributed by atoms with Crippen LogP contribution in [0, 0.1) is 6.92 Å². The van der Waals surface area contributed by atoms with Crippen molar-refractivity contribution in [2.75, 3.05) is 11.1 Å². The zero-order valence-corrected chi connectivity index (χ0v) is 9.71. The average molecular weight is 234 g/mol. The molecule has 7 nitrogen and oxygen atoms in total. The zero-order chi connectivity index (χ0) is 12.4. The van der Waals surface area contributed by atoms with Gasteiger partial charge >= 0.3 is 0 Å². The Balaban J connectivity index is 2.00. The number of hydrogen-bond acceptors (Lipinski definition) is 4. The maximum absolute atomic E-state index is 11.7. The third-order valence-corrected chi connectivity index (χ3v) is 2.24. The molecule has 17 heavy (non-hydrogen) atoms. The van der Waals surface area contributed by atoms with E-state index in [2.05, 4.69) is 15.5 Å². The first kappa shape index (κ1) is 11.2. The van der Waals surface area contributed by atoms with Crippen LogP contribution in [0.25, 0.3) is 0 Å². The van der Waals surface area contributed by atoms with E-state index in [1.165, 1.54) is 4.68 Å². The number of nitrogens with zero attached hydrogens (tertiary/aromatic N) is 4. The Hall–Kier alpha value is -2.31. The average Bonchev–Trinajstić information content (AvgIpc) is 2.74. The summed E-state index contributed by atoms with van der Waals surface area (Å²) in [5.41, 5.74) is 6.31. The fourth-order valence-electron chi connectivity index (χ4n) is 1.52. The van der Waals surface area contributed by atoms with Gasteiger partial charge in [0.15, 0.2) is 0 Å². The molecule has 0 saturated heterocycles. The molecule has 3 N–H and O–H groups in total. The van der Waals surface area contributed by atoms with Crippen molar-refractivity contribution < 1.29 is 4.79 Å². The quantitative estimate of drug-likeness (QED) is 0.790. The molecule has 0 radical (unpaired) electrons. The Morgan fingerprint density at radius 3 is 2.82 bits per heavy atom. The normalized spacial score (nSPS) is 10.5. The molecule has 0 atom stereocenters. The Morgan fingerprint density at radius 2 is 2.29 bits per heavy atom. The van der Waals surface area contributed by atoms with E-state index >= 15 is 0 Å². The molecule has 0 bridgehead atoms. The van der Waals surface area contributed by atoms with Crippen LogP contribution < -0.4 is 11.1 Å². The highest BCUT2D eigenvalue weighted by molar-refractivity contribution is 5.89. The van der Waals surface area contributed by atoms with E-state index in [1.807, 2.05) is 6.92 Å². The number of anilines is 2. The molecule has 1 amide bonds. The van der Waals surface area contributed by atoms with Crippen molar-refractivity contribution >= 4 is 17.5 Å². The van der Waals surface area contributed by atoms with Gasteiger partial charge in [-0.25, -0.2) is 0 Å². The number of aryl methyl sites for hydroxylation is 2. The molecule has 0 saturated carbocycles. The minimum absolute atomic E-state index is 0.126. The molecule has 0 aliphatic heterocycles. The smallest absolute Gasteiger partial charge is 0.247 e. The van der Waals surface area contributed by atoms with Crippen LogP contribution in [0.5, 0.6) is 0 Å². The molecular weight excluding hydrogens is 220 g/mol. The summed E-state index contributed by atoms with van der Waals surface area (Å²) in [5, 5.41) is 10.8. The summed E-state index contributed by atoms with van der Waals surface area (Å²) in [6, 6.07) is 3.44. The van der Waals surface area contributed by atoms with Crippen LogP contribution in [0.2, 0.25) is 0 Å². The summed E-state index contributed by atoms with van der Waals surface area (Å²) >= 11 is 0. The predicted molar refractivity (Wildman–Crippen MR) is 63.2 cm³/mol. The Morgan fingerprint density at radius 1 is 1.53 bits per heavy atom. The first-order valence-electron chi connectivity index (χ1n) is 5.14. The maximum Gasteiger partial charge on any atom is 0.247 e. The van der Waals surface area contributed by atoms with Crippen LogP contribution in [0.1, 0.15) is 5.69 Å². The summed E-state index contributed by atoms with van der Waals surface area (Å²) in [4.78, 5) is 11.7. The van der Waals surface area contributed by atoms with Gasteiger partial charge in [-0.15, -0.1) is 0 Å². The van der Waals surface area contributed by atoms with Gasteiger partial charge in [0, 0.05) is 19.3 Å². The van der Waals surface area contributed by atoms with Gasteiger partial charge < -0.3 is 11.1 Å². The van der Waals surface area contributed by atoms with E-state index in [0.29, 0.717) is 11.6 Å². The number of carbonyl (C=O) groups is 1. The van der Waals surface area contributed by atoms with E-state index in [4.69, 9.17) is 5.73 Å². The molecule has 0 spiro atoms. The summed E-state index contributed by atoms with van der Waals surface area (Å²) in [7, 11) is 1.77. The molecule has 90 valence electrons. The molecule has 2 rings (SSSR count). The monoisotopic (exact) mass is 234 g/mol. The lowest BCUT2D eigenvalue weighted by Gasteiger charge is -2.04. The van der Waals surface area contributed by atoms with Crippen molar-refractivity contribution in [1.82, 2.24) is 19.6 Å². The number of carbonyl (C=O) groups excluding carboxylic acids is 1. The molecule has 0 aliphatic rings. The summed E-state index contributed by atoms with van der Waals surface area (Å²) < 4.78 is 3.10. The fourth-order valence-corrected chi connectivity index (χ4v) is 1.52. The molecule has 7 heteroatoms. The SMILES string of the molecule is Cc1cc(NC(=O)Cn2ccc(N)n2)n(C)n1. The second-order valence-corrected chi connectivity index (χ2v) is 3.78. The molecule has 2 heterocycles. The van der Waals surface area contributed by atoms with Gasteiger partial charge in [-0.1, -0.05) is 0 Å². The van der Waals surface area contributed by atoms with Gasteiger partial charge in [-0.3, -0.25) is 14.2 Å². The largest absolute Gasteiger partial charge is 0.382 e. The lowest BCUT2D eigenvalue weighted by Crippen LogP contribution is -2.20. The molecule has 0 aliphatic carbocycles. The van der Waals surface area contributed by atoms with Crippen LogP contribution in [0.4, 0.5) is 11.6 Å². The lowest BCUT2D eigenvalue weighted by molar-refractivity contribution is -0.116. The number of nitrogens with one attached hydrogen (secondary N) is 1. The Kier molecular flexibility index (Phi) is 2.82. The molecule has 2 aromatic rings. The van der Waals surface area contributed by atoms with Crippen LogP contribution >= 0.6 is 0 Å². The van der Waals surface area contributed by atoms with Gasteiger partial charge in [0.05, 0.1) is 5.69 Å². The van der Waals surface area contributed by atoms with Crippen molar-refractivity contribution in [3.8, 4) is 0 Å². The maximum atomic E-state index is 11.7. The first-order chi connectivity index (χ1) is 8.04. The van der Waals surface area contributed by atoms with E-state index in [1.54, 1.807) is 30.1 Å². The van der Waals surface area contributed by atoms with E-state index < -0.39 is 0 Å². The second kappa shape index (κ2) is 4.28. The number of nitrogen functional groups attached to an aromatic ring is 1. The molecule has 0 aromatic carbocycles. The summed E-state index contributed by atoms with van der Waals surface area (Å²) in [6.07, 6.45) is 1.66. The summed E-state index contributed by atoms with van der Waals surface area (Å²) in [6.45, 7) is 1.99. The van der Waals surface area contributed by atoms with Crippen molar-refractivity contribution in [2.24, 2.45) is 7.05 Å². The van der Waals surface area contributed by atoms with Crippen LogP contribution in [-0.4, -0.2) is 25.5 Å². The lowest BCUT2D eigenvalue weighted by atomic mass is 10.4. The topological polar surface area (TPSA) is 90.8 Å². The van der Waals surface area contributed by atoms with Crippen molar-refractivity contribution in [3.05, 3.63) is 24.0 Å². The standard InChI is InChI=1S/C10H14N6O/c1-7-5-9(15(2)13-7)12-10(17)6-16-4-3-8(11)14-16/h3-5H,6H2,1-2H3,(H2,11,14)(H,12,17). The van der Waals surface area contributed by atoms with E-state index in [-0.39, 0.29) is 12.5 Å². The highest BCUT2D eigenvalue weighted by Gasteiger charge is 2.08. The van der Waals surface area contributed by atoms with Crippen molar-refractivity contribution in [1.29, 1.82) is 0 Å². The van der Waals surface area contributed by atoms with Crippen LogP contribution in [0.3, 0.4) is 0 Å². The Labute approximate surface area is 98.2 Å². The van der Waals surface area contributed by atoms with Crippen molar-refractivity contribution in [2.45, 2.75) is 13.5 Å². The number of amides is 1. The summed E-state index contributed by atoms with van der Waals surface area (Å²) in [5.74, 6) is 0.887. The number of hydrogen-bond donors (Lipinski definition) is 2. The van der Waals surface area contributed by atoms with Gasteiger partial charge in [0.2, 0.25) is 5.91 Å². The molecule has 0 unspecified atom stereocenters. The van der Waals surface area contributed by atoms with Gasteiger partial charge in [0.1, 0.15) is 18.2 Å². The highest BCUT2D eigenvalue weighted by Crippen LogP contribution is 2.07. The first-order valence-corrected chi connectivity index (χ1v) is 5.14. The van der Waals surface area contributed by atoms with Gasteiger partial charge in [-0.2, -0.15) is 10.2 Å². The van der Waals surface area contributed by atoms with Crippen LogP contribution in [0.15, 0.2) is 18.3 Å². The third kappa shape index (κ3) is 2.63. The molecular formula is C10H14N6O. The number of aromatic nitrogens is 4.